The van der Waals surface area contributed by atoms with E-state index < -0.39 is 17.6 Å². The number of rotatable bonds is 4. The molecule has 1 heterocycles. The van der Waals surface area contributed by atoms with Crippen LogP contribution in [-0.4, -0.2) is 5.91 Å². The predicted molar refractivity (Wildman–Crippen MR) is 69.1 cm³/mol. The van der Waals surface area contributed by atoms with Crippen LogP contribution in [0.15, 0.2) is 48.7 Å². The van der Waals surface area contributed by atoms with Gasteiger partial charge in [0.15, 0.2) is 6.20 Å². The number of benzene rings is 1. The topological polar surface area (TPSA) is 65.3 Å². The van der Waals surface area contributed by atoms with E-state index in [0.717, 1.165) is 18.3 Å². The van der Waals surface area contributed by atoms with E-state index in [9.17, 15) is 23.2 Å². The Morgan fingerprint density at radius 3 is 2.45 bits per heavy atom. The SMILES string of the molecule is O=C(NOCc1ccc(C(F)(F)F)cc1)c1cccc[n+]1[O-]. The van der Waals surface area contributed by atoms with Gasteiger partial charge in [-0.15, -0.1) is 0 Å². The van der Waals surface area contributed by atoms with Crippen LogP contribution in [0.2, 0.25) is 0 Å². The summed E-state index contributed by atoms with van der Waals surface area (Å²) in [6, 6.07) is 8.61. The molecule has 0 spiro atoms. The van der Waals surface area contributed by atoms with Gasteiger partial charge in [-0.25, -0.2) is 5.48 Å². The number of alkyl halides is 3. The van der Waals surface area contributed by atoms with Crippen molar-refractivity contribution in [2.45, 2.75) is 12.8 Å². The maximum Gasteiger partial charge on any atom is 0.416 e. The van der Waals surface area contributed by atoms with Gasteiger partial charge in [0.2, 0.25) is 0 Å². The van der Waals surface area contributed by atoms with Crippen molar-refractivity contribution in [1.82, 2.24) is 5.48 Å². The summed E-state index contributed by atoms with van der Waals surface area (Å²) in [7, 11) is 0. The molecule has 2 aromatic rings. The van der Waals surface area contributed by atoms with E-state index >= 15 is 0 Å². The molecule has 5 nitrogen and oxygen atoms in total. The van der Waals surface area contributed by atoms with Crippen molar-refractivity contribution in [3.63, 3.8) is 0 Å². The van der Waals surface area contributed by atoms with E-state index in [1.54, 1.807) is 0 Å². The molecule has 0 atom stereocenters. The lowest BCUT2D eigenvalue weighted by atomic mass is 10.1. The molecule has 2 rings (SSSR count). The van der Waals surface area contributed by atoms with E-state index in [-0.39, 0.29) is 12.3 Å². The Hall–Kier alpha value is -2.61. The minimum Gasteiger partial charge on any atom is -0.618 e. The predicted octanol–water partition coefficient (Wildman–Crippen LogP) is 2.20. The zero-order valence-electron chi connectivity index (χ0n) is 11.1. The third-order valence-corrected chi connectivity index (χ3v) is 2.74. The number of pyridine rings is 1. The first-order valence-electron chi connectivity index (χ1n) is 6.14. The lowest BCUT2D eigenvalue weighted by Crippen LogP contribution is -2.39. The number of hydroxylamine groups is 1. The van der Waals surface area contributed by atoms with Crippen LogP contribution in [0.1, 0.15) is 21.6 Å². The van der Waals surface area contributed by atoms with Crippen LogP contribution in [0.5, 0.6) is 0 Å². The second-order valence-corrected chi connectivity index (χ2v) is 4.33. The van der Waals surface area contributed by atoms with Crippen LogP contribution in [0.25, 0.3) is 0 Å². The number of hydrogen-bond donors (Lipinski definition) is 1. The Labute approximate surface area is 123 Å². The first-order chi connectivity index (χ1) is 10.4. The number of aromatic nitrogens is 1. The molecule has 116 valence electrons. The highest BCUT2D eigenvalue weighted by Gasteiger charge is 2.29. The van der Waals surface area contributed by atoms with E-state index in [1.165, 1.54) is 30.3 Å². The number of amides is 1. The standard InChI is InChI=1S/C14H11F3N2O3/c15-14(16,17)11-6-4-10(5-7-11)9-22-18-13(20)12-3-1-2-8-19(12)21/h1-8H,9H2,(H,18,20). The van der Waals surface area contributed by atoms with E-state index in [1.807, 2.05) is 0 Å². The Balaban J connectivity index is 1.89. The highest BCUT2D eigenvalue weighted by molar-refractivity contribution is 5.89. The van der Waals surface area contributed by atoms with E-state index in [4.69, 9.17) is 4.84 Å². The third-order valence-electron chi connectivity index (χ3n) is 2.74. The summed E-state index contributed by atoms with van der Waals surface area (Å²) in [6.45, 7) is -0.129. The highest BCUT2D eigenvalue weighted by atomic mass is 19.4. The van der Waals surface area contributed by atoms with Gasteiger partial charge in [-0.3, -0.25) is 9.63 Å². The molecular formula is C14H11F3N2O3. The lowest BCUT2D eigenvalue weighted by molar-refractivity contribution is -0.607. The van der Waals surface area contributed by atoms with Gasteiger partial charge in [-0.05, 0) is 23.8 Å². The normalized spacial score (nSPS) is 11.2. The van der Waals surface area contributed by atoms with Crippen LogP contribution in [0.3, 0.4) is 0 Å². The van der Waals surface area contributed by atoms with Gasteiger partial charge in [-0.1, -0.05) is 12.1 Å². The Kier molecular flexibility index (Phi) is 4.62. The molecule has 1 aromatic heterocycles. The fourth-order valence-electron chi connectivity index (χ4n) is 1.63. The van der Waals surface area contributed by atoms with Crippen molar-refractivity contribution >= 4 is 5.91 Å². The number of nitrogens with one attached hydrogen (secondary N) is 1. The van der Waals surface area contributed by atoms with Crippen molar-refractivity contribution in [2.24, 2.45) is 0 Å². The van der Waals surface area contributed by atoms with Crippen LogP contribution in [0, 0.1) is 5.21 Å². The molecule has 1 aromatic carbocycles. The second kappa shape index (κ2) is 6.44. The molecule has 1 amide bonds. The highest BCUT2D eigenvalue weighted by Crippen LogP contribution is 2.29. The largest absolute Gasteiger partial charge is 0.618 e. The molecule has 0 fully saturated rings. The molecule has 8 heteroatoms. The molecule has 0 saturated carbocycles. The zero-order valence-corrected chi connectivity index (χ0v) is 11.1. The second-order valence-electron chi connectivity index (χ2n) is 4.33. The molecule has 0 aliphatic carbocycles. The Morgan fingerprint density at radius 1 is 1.18 bits per heavy atom. The summed E-state index contributed by atoms with van der Waals surface area (Å²) in [5, 5.41) is 11.3. The summed E-state index contributed by atoms with van der Waals surface area (Å²) < 4.78 is 37.5. The molecule has 1 N–H and O–H groups in total. The van der Waals surface area contributed by atoms with Crippen LogP contribution >= 0.6 is 0 Å². The first kappa shape index (κ1) is 15.8. The van der Waals surface area contributed by atoms with Crippen molar-refractivity contribution in [2.75, 3.05) is 0 Å². The lowest BCUT2D eigenvalue weighted by Gasteiger charge is -2.08. The van der Waals surface area contributed by atoms with Crippen LogP contribution in [0.4, 0.5) is 13.2 Å². The number of halogens is 3. The van der Waals surface area contributed by atoms with Crippen molar-refractivity contribution < 1.29 is 27.5 Å². The van der Waals surface area contributed by atoms with Crippen LogP contribution < -0.4 is 10.2 Å². The van der Waals surface area contributed by atoms with Gasteiger partial charge < -0.3 is 5.21 Å². The summed E-state index contributed by atoms with van der Waals surface area (Å²) in [5.41, 5.74) is 1.57. The van der Waals surface area contributed by atoms with Crippen molar-refractivity contribution in [1.29, 1.82) is 0 Å². The molecule has 0 aliphatic rings. The maximum atomic E-state index is 12.4. The zero-order chi connectivity index (χ0) is 16.2. The average molecular weight is 312 g/mol. The summed E-state index contributed by atoms with van der Waals surface area (Å²) in [5.74, 6) is -0.748. The van der Waals surface area contributed by atoms with Gasteiger partial charge in [0.25, 0.3) is 5.69 Å². The van der Waals surface area contributed by atoms with E-state index in [2.05, 4.69) is 5.48 Å². The van der Waals surface area contributed by atoms with Gasteiger partial charge in [0.1, 0.15) is 0 Å². The molecular weight excluding hydrogens is 301 g/mol. The molecule has 0 bridgehead atoms. The molecule has 0 saturated heterocycles. The Morgan fingerprint density at radius 2 is 1.86 bits per heavy atom. The monoisotopic (exact) mass is 312 g/mol. The number of carbonyl (C=O) groups is 1. The fourth-order valence-corrected chi connectivity index (χ4v) is 1.63. The minimum atomic E-state index is -4.40. The first-order valence-corrected chi connectivity index (χ1v) is 6.14. The number of hydrogen-bond acceptors (Lipinski definition) is 3. The van der Waals surface area contributed by atoms with Crippen molar-refractivity contribution in [3.8, 4) is 0 Å². The minimum absolute atomic E-state index is 0.129. The number of nitrogens with zero attached hydrogens (tertiary/aromatic N) is 1. The van der Waals surface area contributed by atoms with Gasteiger partial charge in [-0.2, -0.15) is 17.9 Å². The van der Waals surface area contributed by atoms with Gasteiger partial charge in [0.05, 0.1) is 12.2 Å². The average Bonchev–Trinajstić information content (AvgIpc) is 2.47. The molecule has 0 unspecified atom stereocenters. The summed E-state index contributed by atoms with van der Waals surface area (Å²) >= 11 is 0. The quantitative estimate of drug-likeness (QED) is 0.535. The fraction of sp³-hybridized carbons (Fsp3) is 0.143. The number of carbonyl (C=O) groups excluding carboxylic acids is 1. The van der Waals surface area contributed by atoms with E-state index in [0.29, 0.717) is 10.3 Å². The molecule has 0 aliphatic heterocycles. The van der Waals surface area contributed by atoms with Crippen molar-refractivity contribution in [3.05, 3.63) is 70.7 Å². The summed E-state index contributed by atoms with van der Waals surface area (Å²) in [6.07, 6.45) is -3.24. The maximum absolute atomic E-state index is 12.4. The van der Waals surface area contributed by atoms with Crippen LogP contribution in [-0.2, 0) is 17.6 Å². The van der Waals surface area contributed by atoms with Gasteiger partial charge in [0, 0.05) is 12.1 Å². The Bertz CT molecular complexity index is 657. The molecule has 0 radical (unpaired) electrons. The van der Waals surface area contributed by atoms with Gasteiger partial charge >= 0.3 is 12.1 Å². The third kappa shape index (κ3) is 3.95. The molecule has 22 heavy (non-hydrogen) atoms. The summed E-state index contributed by atoms with van der Waals surface area (Å²) in [4.78, 5) is 16.5. The smallest absolute Gasteiger partial charge is 0.416 e.